The van der Waals surface area contributed by atoms with Crippen molar-refractivity contribution in [3.8, 4) is 0 Å². The van der Waals surface area contributed by atoms with Crippen molar-refractivity contribution in [1.29, 1.82) is 0 Å². The van der Waals surface area contributed by atoms with Gasteiger partial charge >= 0.3 is 6.18 Å². The van der Waals surface area contributed by atoms with E-state index in [1.807, 2.05) is 0 Å². The quantitative estimate of drug-likeness (QED) is 0.698. The zero-order valence-electron chi connectivity index (χ0n) is 12.4. The van der Waals surface area contributed by atoms with Crippen molar-refractivity contribution in [1.82, 2.24) is 5.32 Å². The molecule has 0 bridgehead atoms. The van der Waals surface area contributed by atoms with Crippen LogP contribution in [0.3, 0.4) is 0 Å². The third-order valence-electron chi connectivity index (χ3n) is 5.12. The summed E-state index contributed by atoms with van der Waals surface area (Å²) in [6.07, 6.45) is 7.29. The highest BCUT2D eigenvalue weighted by molar-refractivity contribution is 4.86. The fraction of sp³-hybridized carbons (Fsp3) is 1.00. The number of halogens is 3. The Morgan fingerprint density at radius 2 is 1.50 bits per heavy atom. The minimum absolute atomic E-state index is 0.220. The van der Waals surface area contributed by atoms with Crippen molar-refractivity contribution in [3.05, 3.63) is 0 Å². The van der Waals surface area contributed by atoms with Crippen LogP contribution in [0.25, 0.3) is 0 Å². The van der Waals surface area contributed by atoms with Crippen LogP contribution in [0.2, 0.25) is 0 Å². The molecule has 2 unspecified atom stereocenters. The first-order chi connectivity index (χ1) is 9.56. The summed E-state index contributed by atoms with van der Waals surface area (Å²) in [6.45, 7) is 0.521. The van der Waals surface area contributed by atoms with Crippen LogP contribution in [0, 0.1) is 11.8 Å². The van der Waals surface area contributed by atoms with Gasteiger partial charge in [0.05, 0.1) is 0 Å². The van der Waals surface area contributed by atoms with E-state index in [1.165, 1.54) is 51.4 Å². The Morgan fingerprint density at radius 3 is 2.20 bits per heavy atom. The van der Waals surface area contributed by atoms with Gasteiger partial charge in [0, 0.05) is 12.5 Å². The maximum atomic E-state index is 12.2. The lowest BCUT2D eigenvalue weighted by molar-refractivity contribution is -0.135. The fourth-order valence-corrected chi connectivity index (χ4v) is 4.12. The standard InChI is InChI=1S/C16H28F3N/c17-16(18,19)11-6-12-20-15-10-5-4-9-14(15)13-7-2-1-3-8-13/h13-15,20H,1-12H2. The molecule has 4 heteroatoms. The third kappa shape index (κ3) is 5.27. The third-order valence-corrected chi connectivity index (χ3v) is 5.12. The molecule has 0 saturated heterocycles. The number of hydrogen-bond acceptors (Lipinski definition) is 1. The van der Waals surface area contributed by atoms with Gasteiger partial charge in [-0.3, -0.25) is 0 Å². The summed E-state index contributed by atoms with van der Waals surface area (Å²) in [5.41, 5.74) is 0. The first-order valence-electron chi connectivity index (χ1n) is 8.36. The SMILES string of the molecule is FC(F)(F)CCCNC1CCCCC1C1CCCCC1. The number of rotatable bonds is 5. The molecule has 2 fully saturated rings. The van der Waals surface area contributed by atoms with Crippen LogP contribution in [0.4, 0.5) is 13.2 Å². The van der Waals surface area contributed by atoms with Crippen LogP contribution in [0.15, 0.2) is 0 Å². The van der Waals surface area contributed by atoms with E-state index >= 15 is 0 Å². The fourth-order valence-electron chi connectivity index (χ4n) is 4.12. The maximum absolute atomic E-state index is 12.2. The number of nitrogens with one attached hydrogen (secondary N) is 1. The van der Waals surface area contributed by atoms with Crippen LogP contribution in [-0.2, 0) is 0 Å². The number of alkyl halides is 3. The molecule has 2 aliphatic rings. The smallest absolute Gasteiger partial charge is 0.314 e. The second-order valence-corrected chi connectivity index (χ2v) is 6.63. The van der Waals surface area contributed by atoms with Gasteiger partial charge in [-0.05, 0) is 37.6 Å². The van der Waals surface area contributed by atoms with Crippen LogP contribution >= 0.6 is 0 Å². The van der Waals surface area contributed by atoms with Gasteiger partial charge in [0.25, 0.3) is 0 Å². The predicted molar refractivity (Wildman–Crippen MR) is 75.6 cm³/mol. The van der Waals surface area contributed by atoms with Gasteiger partial charge < -0.3 is 5.32 Å². The second kappa shape index (κ2) is 7.67. The van der Waals surface area contributed by atoms with Crippen LogP contribution < -0.4 is 5.32 Å². The molecule has 1 N–H and O–H groups in total. The molecule has 0 spiro atoms. The van der Waals surface area contributed by atoms with Crippen LogP contribution in [0.5, 0.6) is 0 Å². The first kappa shape index (κ1) is 16.1. The van der Waals surface area contributed by atoms with E-state index in [2.05, 4.69) is 5.32 Å². The predicted octanol–water partition coefficient (Wildman–Crippen LogP) is 5.06. The topological polar surface area (TPSA) is 12.0 Å². The summed E-state index contributed by atoms with van der Waals surface area (Å²) in [6, 6.07) is 0.472. The van der Waals surface area contributed by atoms with E-state index < -0.39 is 12.6 Å². The number of hydrogen-bond donors (Lipinski definition) is 1. The molecule has 0 aromatic heterocycles. The van der Waals surface area contributed by atoms with Gasteiger partial charge in [-0.2, -0.15) is 13.2 Å². The minimum atomic E-state index is -4.00. The molecule has 0 aromatic carbocycles. The zero-order chi connectivity index (χ0) is 14.4. The van der Waals surface area contributed by atoms with Crippen LogP contribution in [0.1, 0.15) is 70.6 Å². The van der Waals surface area contributed by atoms with E-state index in [1.54, 1.807) is 0 Å². The lowest BCUT2D eigenvalue weighted by Crippen LogP contribution is -2.43. The molecule has 20 heavy (non-hydrogen) atoms. The Hall–Kier alpha value is -0.250. The molecule has 0 radical (unpaired) electrons. The van der Waals surface area contributed by atoms with Crippen LogP contribution in [-0.4, -0.2) is 18.8 Å². The van der Waals surface area contributed by atoms with Crippen molar-refractivity contribution in [2.75, 3.05) is 6.54 Å². The van der Waals surface area contributed by atoms with E-state index in [4.69, 9.17) is 0 Å². The highest BCUT2D eigenvalue weighted by atomic mass is 19.4. The Labute approximate surface area is 120 Å². The van der Waals surface area contributed by atoms with Gasteiger partial charge in [0.1, 0.15) is 0 Å². The highest BCUT2D eigenvalue weighted by Gasteiger charge is 2.32. The summed E-state index contributed by atoms with van der Waals surface area (Å²) < 4.78 is 36.5. The molecule has 2 aliphatic carbocycles. The Kier molecular flexibility index (Phi) is 6.19. The second-order valence-electron chi connectivity index (χ2n) is 6.63. The Balaban J connectivity index is 1.75. The van der Waals surface area contributed by atoms with Gasteiger partial charge in [-0.1, -0.05) is 44.9 Å². The highest BCUT2D eigenvalue weighted by Crippen LogP contribution is 2.38. The maximum Gasteiger partial charge on any atom is 0.389 e. The van der Waals surface area contributed by atoms with Gasteiger partial charge in [-0.15, -0.1) is 0 Å². The molecule has 118 valence electrons. The lowest BCUT2D eigenvalue weighted by Gasteiger charge is -2.39. The molecule has 0 aromatic rings. The van der Waals surface area contributed by atoms with Crippen molar-refractivity contribution >= 4 is 0 Å². The summed E-state index contributed by atoms with van der Waals surface area (Å²) in [7, 11) is 0. The van der Waals surface area contributed by atoms with Crippen molar-refractivity contribution in [2.45, 2.75) is 82.8 Å². The lowest BCUT2D eigenvalue weighted by atomic mass is 9.71. The minimum Gasteiger partial charge on any atom is -0.314 e. The van der Waals surface area contributed by atoms with E-state index in [0.717, 1.165) is 18.3 Å². The van der Waals surface area contributed by atoms with Gasteiger partial charge in [0.15, 0.2) is 0 Å². The van der Waals surface area contributed by atoms with Crippen molar-refractivity contribution in [3.63, 3.8) is 0 Å². The molecule has 0 aliphatic heterocycles. The van der Waals surface area contributed by atoms with Crippen molar-refractivity contribution < 1.29 is 13.2 Å². The summed E-state index contributed by atoms with van der Waals surface area (Å²) in [4.78, 5) is 0. The van der Waals surface area contributed by atoms with E-state index in [0.29, 0.717) is 12.6 Å². The normalized spacial score (nSPS) is 29.6. The molecule has 2 rings (SSSR count). The largest absolute Gasteiger partial charge is 0.389 e. The zero-order valence-corrected chi connectivity index (χ0v) is 12.4. The molecule has 2 atom stereocenters. The van der Waals surface area contributed by atoms with E-state index in [9.17, 15) is 13.2 Å². The molecular formula is C16H28F3N. The van der Waals surface area contributed by atoms with Crippen molar-refractivity contribution in [2.24, 2.45) is 11.8 Å². The molecule has 0 heterocycles. The van der Waals surface area contributed by atoms with Gasteiger partial charge in [-0.25, -0.2) is 0 Å². The molecule has 2 saturated carbocycles. The molecular weight excluding hydrogens is 263 g/mol. The molecule has 0 amide bonds. The average Bonchev–Trinajstić information content (AvgIpc) is 2.44. The van der Waals surface area contributed by atoms with E-state index in [-0.39, 0.29) is 6.42 Å². The summed E-state index contributed by atoms with van der Waals surface area (Å²) in [5.74, 6) is 1.54. The first-order valence-corrected chi connectivity index (χ1v) is 8.36. The average molecular weight is 291 g/mol. The Morgan fingerprint density at radius 1 is 0.850 bits per heavy atom. The monoisotopic (exact) mass is 291 g/mol. The summed E-state index contributed by atoms with van der Waals surface area (Å²) >= 11 is 0. The van der Waals surface area contributed by atoms with Gasteiger partial charge in [0.2, 0.25) is 0 Å². The molecule has 1 nitrogen and oxygen atoms in total. The summed E-state index contributed by atoms with van der Waals surface area (Å²) in [5, 5.41) is 3.44. The Bertz CT molecular complexity index is 271.